The Morgan fingerprint density at radius 3 is 2.00 bits per heavy atom. The molecule has 0 saturated carbocycles. The minimum Gasteiger partial charge on any atom is -0.480 e. The number of nitrogens with zero attached hydrogens (tertiary/aromatic N) is 1. The second-order valence-electron chi connectivity index (χ2n) is 4.71. The first-order valence-electron chi connectivity index (χ1n) is 4.83. The highest BCUT2D eigenvalue weighted by molar-refractivity contribution is 5.91. The van der Waals surface area contributed by atoms with Crippen LogP contribution in [-0.4, -0.2) is 34.0 Å². The van der Waals surface area contributed by atoms with Crippen molar-refractivity contribution in [3.05, 3.63) is 11.6 Å². The van der Waals surface area contributed by atoms with Crippen LogP contribution < -0.4 is 0 Å². The van der Waals surface area contributed by atoms with Crippen LogP contribution in [0.5, 0.6) is 0 Å². The summed E-state index contributed by atoms with van der Waals surface area (Å²) in [5, 5.41) is 8.72. The maximum atomic E-state index is 11.7. The van der Waals surface area contributed by atoms with Crippen molar-refractivity contribution in [1.29, 1.82) is 0 Å². The van der Waals surface area contributed by atoms with Crippen molar-refractivity contribution in [2.75, 3.05) is 6.54 Å². The number of hydrogen-bond donors (Lipinski definition) is 1. The summed E-state index contributed by atoms with van der Waals surface area (Å²) in [6.45, 7) is 8.77. The van der Waals surface area contributed by atoms with Crippen LogP contribution in [0.1, 0.15) is 34.6 Å². The van der Waals surface area contributed by atoms with Crippen LogP contribution >= 0.6 is 0 Å². The summed E-state index contributed by atoms with van der Waals surface area (Å²) >= 11 is 0. The van der Waals surface area contributed by atoms with Crippen molar-refractivity contribution in [2.45, 2.75) is 40.2 Å². The summed E-state index contributed by atoms with van der Waals surface area (Å²) in [4.78, 5) is 23.7. The molecule has 1 amide bonds. The lowest BCUT2D eigenvalue weighted by Crippen LogP contribution is -2.47. The van der Waals surface area contributed by atoms with Gasteiger partial charge in [0.1, 0.15) is 6.54 Å². The number of carbonyl (C=O) groups is 2. The molecular formula is C11H19NO3. The Hall–Kier alpha value is -1.32. The van der Waals surface area contributed by atoms with Gasteiger partial charge in [-0.25, -0.2) is 0 Å². The molecule has 0 bridgehead atoms. The smallest absolute Gasteiger partial charge is 0.323 e. The van der Waals surface area contributed by atoms with Gasteiger partial charge in [0, 0.05) is 11.6 Å². The number of carbonyl (C=O) groups excluding carboxylic acids is 1. The number of allylic oxidation sites excluding steroid dienone is 1. The minimum atomic E-state index is -1.000. The fraction of sp³-hybridized carbons (Fsp3) is 0.636. The first-order valence-corrected chi connectivity index (χ1v) is 4.83. The molecular weight excluding hydrogens is 194 g/mol. The second-order valence-corrected chi connectivity index (χ2v) is 4.71. The van der Waals surface area contributed by atoms with Gasteiger partial charge >= 0.3 is 5.97 Å². The highest BCUT2D eigenvalue weighted by Crippen LogP contribution is 2.14. The Morgan fingerprint density at radius 1 is 1.27 bits per heavy atom. The summed E-state index contributed by atoms with van der Waals surface area (Å²) in [5.74, 6) is -1.26. The average Bonchev–Trinajstić information content (AvgIpc) is 1.95. The third kappa shape index (κ3) is 5.20. The molecule has 0 spiro atoms. The molecule has 86 valence electrons. The Kier molecular flexibility index (Phi) is 4.52. The molecule has 0 aromatic carbocycles. The maximum absolute atomic E-state index is 11.7. The first-order chi connectivity index (χ1) is 6.64. The van der Waals surface area contributed by atoms with Crippen molar-refractivity contribution in [1.82, 2.24) is 4.90 Å². The maximum Gasteiger partial charge on any atom is 0.323 e. The van der Waals surface area contributed by atoms with Crippen LogP contribution in [0.15, 0.2) is 11.6 Å². The highest BCUT2D eigenvalue weighted by atomic mass is 16.4. The van der Waals surface area contributed by atoms with E-state index in [9.17, 15) is 9.59 Å². The zero-order valence-electron chi connectivity index (χ0n) is 10.00. The van der Waals surface area contributed by atoms with Crippen molar-refractivity contribution in [3.63, 3.8) is 0 Å². The fourth-order valence-electron chi connectivity index (χ4n) is 1.11. The van der Waals surface area contributed by atoms with Crippen LogP contribution in [-0.2, 0) is 9.59 Å². The summed E-state index contributed by atoms with van der Waals surface area (Å²) in [7, 11) is 0. The predicted molar refractivity (Wildman–Crippen MR) is 58.5 cm³/mol. The summed E-state index contributed by atoms with van der Waals surface area (Å²) in [6, 6.07) is 0. The van der Waals surface area contributed by atoms with Gasteiger partial charge in [0.2, 0.25) is 5.91 Å². The molecule has 4 nitrogen and oxygen atoms in total. The molecule has 0 aromatic rings. The van der Waals surface area contributed by atoms with E-state index >= 15 is 0 Å². The Labute approximate surface area is 90.6 Å². The molecule has 0 unspecified atom stereocenters. The van der Waals surface area contributed by atoms with Gasteiger partial charge in [-0.3, -0.25) is 9.59 Å². The zero-order chi connectivity index (χ0) is 12.2. The Balaban J connectivity index is 4.88. The van der Waals surface area contributed by atoms with E-state index in [1.54, 1.807) is 13.8 Å². The molecule has 0 aliphatic heterocycles. The molecule has 0 heterocycles. The van der Waals surface area contributed by atoms with E-state index in [2.05, 4.69) is 0 Å². The third-order valence-electron chi connectivity index (χ3n) is 1.78. The van der Waals surface area contributed by atoms with E-state index in [0.717, 1.165) is 5.57 Å². The van der Waals surface area contributed by atoms with Gasteiger partial charge in [0.15, 0.2) is 0 Å². The van der Waals surface area contributed by atoms with E-state index in [0.29, 0.717) is 0 Å². The van der Waals surface area contributed by atoms with Gasteiger partial charge in [0.05, 0.1) is 0 Å². The number of carboxylic acid groups (broad SMARTS) is 1. The third-order valence-corrected chi connectivity index (χ3v) is 1.78. The monoisotopic (exact) mass is 213 g/mol. The van der Waals surface area contributed by atoms with Crippen LogP contribution in [0.3, 0.4) is 0 Å². The molecule has 0 atom stereocenters. The first kappa shape index (κ1) is 13.7. The molecule has 15 heavy (non-hydrogen) atoms. The molecule has 0 fully saturated rings. The van der Waals surface area contributed by atoms with Gasteiger partial charge in [-0.1, -0.05) is 5.57 Å². The lowest BCUT2D eigenvalue weighted by Gasteiger charge is -2.33. The zero-order valence-corrected chi connectivity index (χ0v) is 10.00. The standard InChI is InChI=1S/C11H19NO3/c1-8(2)6-9(13)12(7-10(14)15)11(3,4)5/h6H,7H2,1-5H3,(H,14,15). The topological polar surface area (TPSA) is 57.6 Å². The van der Waals surface area contributed by atoms with Gasteiger partial charge in [0.25, 0.3) is 0 Å². The SMILES string of the molecule is CC(C)=CC(=O)N(CC(=O)O)C(C)(C)C. The lowest BCUT2D eigenvalue weighted by molar-refractivity contribution is -0.145. The summed E-state index contributed by atoms with van der Waals surface area (Å²) in [6.07, 6.45) is 1.45. The fourth-order valence-corrected chi connectivity index (χ4v) is 1.11. The number of amides is 1. The summed E-state index contributed by atoms with van der Waals surface area (Å²) in [5.41, 5.74) is 0.376. The predicted octanol–water partition coefficient (Wildman–Crippen LogP) is 1.66. The van der Waals surface area contributed by atoms with E-state index in [-0.39, 0.29) is 12.5 Å². The molecule has 0 radical (unpaired) electrons. The van der Waals surface area contributed by atoms with Gasteiger partial charge in [-0.15, -0.1) is 0 Å². The van der Waals surface area contributed by atoms with Gasteiger partial charge < -0.3 is 10.0 Å². The van der Waals surface area contributed by atoms with E-state index in [4.69, 9.17) is 5.11 Å². The van der Waals surface area contributed by atoms with E-state index < -0.39 is 11.5 Å². The average molecular weight is 213 g/mol. The Morgan fingerprint density at radius 2 is 1.73 bits per heavy atom. The van der Waals surface area contributed by atoms with Crippen molar-refractivity contribution >= 4 is 11.9 Å². The highest BCUT2D eigenvalue weighted by Gasteiger charge is 2.26. The normalized spacial score (nSPS) is 10.7. The van der Waals surface area contributed by atoms with Crippen molar-refractivity contribution in [2.24, 2.45) is 0 Å². The second kappa shape index (κ2) is 4.96. The minimum absolute atomic E-state index is 0.259. The summed E-state index contributed by atoms with van der Waals surface area (Å²) < 4.78 is 0. The van der Waals surface area contributed by atoms with Gasteiger partial charge in [-0.2, -0.15) is 0 Å². The number of rotatable bonds is 3. The Bertz CT molecular complexity index is 283. The number of hydrogen-bond acceptors (Lipinski definition) is 2. The molecule has 0 aliphatic rings. The molecule has 0 saturated heterocycles. The quantitative estimate of drug-likeness (QED) is 0.725. The van der Waals surface area contributed by atoms with Crippen LogP contribution in [0.25, 0.3) is 0 Å². The van der Waals surface area contributed by atoms with Crippen molar-refractivity contribution < 1.29 is 14.7 Å². The molecule has 0 aliphatic carbocycles. The van der Waals surface area contributed by atoms with E-state index in [1.165, 1.54) is 11.0 Å². The number of aliphatic carboxylic acids is 1. The molecule has 0 aromatic heterocycles. The van der Waals surface area contributed by atoms with Crippen LogP contribution in [0, 0.1) is 0 Å². The number of carboxylic acids is 1. The lowest BCUT2D eigenvalue weighted by atomic mass is 10.1. The van der Waals surface area contributed by atoms with Crippen molar-refractivity contribution in [3.8, 4) is 0 Å². The molecule has 0 rings (SSSR count). The molecule has 1 N–H and O–H groups in total. The molecule has 4 heteroatoms. The van der Waals surface area contributed by atoms with E-state index in [1.807, 2.05) is 20.8 Å². The van der Waals surface area contributed by atoms with Crippen LogP contribution in [0.2, 0.25) is 0 Å². The van der Waals surface area contributed by atoms with Crippen LogP contribution in [0.4, 0.5) is 0 Å². The van der Waals surface area contributed by atoms with Gasteiger partial charge in [-0.05, 0) is 34.6 Å². The largest absolute Gasteiger partial charge is 0.480 e.